The van der Waals surface area contributed by atoms with Gasteiger partial charge in [0.15, 0.2) is 5.78 Å². The number of rotatable bonds is 5. The average Bonchev–Trinajstić information content (AvgIpc) is 2.49. The van der Waals surface area contributed by atoms with E-state index < -0.39 is 5.82 Å². The van der Waals surface area contributed by atoms with Crippen LogP contribution in [0.4, 0.5) is 4.39 Å². The Labute approximate surface area is 124 Å². The fourth-order valence-electron chi connectivity index (χ4n) is 2.09. The van der Waals surface area contributed by atoms with Gasteiger partial charge in [-0.1, -0.05) is 26.0 Å². The van der Waals surface area contributed by atoms with Gasteiger partial charge in [0, 0.05) is 0 Å². The lowest BCUT2D eigenvalue weighted by atomic mass is 9.99. The fourth-order valence-corrected chi connectivity index (χ4v) is 2.09. The van der Waals surface area contributed by atoms with E-state index in [4.69, 9.17) is 4.74 Å². The Balaban J connectivity index is 2.24. The van der Waals surface area contributed by atoms with Gasteiger partial charge in [-0.25, -0.2) is 4.39 Å². The van der Waals surface area contributed by atoms with Gasteiger partial charge in [-0.3, -0.25) is 4.79 Å². The van der Waals surface area contributed by atoms with Gasteiger partial charge in [0.1, 0.15) is 17.3 Å². The standard InChI is InChI=1S/C18H19FO2/c1-4-12(2)14-5-8-16(9-6-14)21-18-10-7-15(19)11-17(18)13(3)20/h5-12H,4H2,1-3H3. The van der Waals surface area contributed by atoms with Crippen molar-refractivity contribution in [2.45, 2.75) is 33.1 Å². The first-order chi connectivity index (χ1) is 10.0. The minimum Gasteiger partial charge on any atom is -0.457 e. The number of ketones is 1. The van der Waals surface area contributed by atoms with E-state index in [1.165, 1.54) is 30.7 Å². The Morgan fingerprint density at radius 3 is 2.43 bits per heavy atom. The molecule has 21 heavy (non-hydrogen) atoms. The van der Waals surface area contributed by atoms with Crippen LogP contribution in [0.1, 0.15) is 49.0 Å². The molecule has 0 N–H and O–H groups in total. The molecule has 2 aromatic rings. The van der Waals surface area contributed by atoms with Gasteiger partial charge in [-0.05, 0) is 55.2 Å². The van der Waals surface area contributed by atoms with Crippen molar-refractivity contribution in [1.29, 1.82) is 0 Å². The minimum atomic E-state index is -0.445. The molecule has 0 fully saturated rings. The Kier molecular flexibility index (Phi) is 4.73. The zero-order valence-corrected chi connectivity index (χ0v) is 12.5. The lowest BCUT2D eigenvalue weighted by Crippen LogP contribution is -1.98. The number of carbonyl (C=O) groups is 1. The minimum absolute atomic E-state index is 0.222. The van der Waals surface area contributed by atoms with Crippen molar-refractivity contribution >= 4 is 5.78 Å². The van der Waals surface area contributed by atoms with Crippen LogP contribution < -0.4 is 4.74 Å². The van der Waals surface area contributed by atoms with Crippen molar-refractivity contribution in [2.24, 2.45) is 0 Å². The molecule has 0 saturated carbocycles. The summed E-state index contributed by atoms with van der Waals surface area (Å²) in [6, 6.07) is 11.7. The highest BCUT2D eigenvalue weighted by molar-refractivity contribution is 5.96. The average molecular weight is 286 g/mol. The summed E-state index contributed by atoms with van der Waals surface area (Å²) >= 11 is 0. The first-order valence-corrected chi connectivity index (χ1v) is 7.09. The first kappa shape index (κ1) is 15.2. The van der Waals surface area contributed by atoms with Crippen LogP contribution in [0.25, 0.3) is 0 Å². The predicted octanol–water partition coefficient (Wildman–Crippen LogP) is 5.33. The predicted molar refractivity (Wildman–Crippen MR) is 81.6 cm³/mol. The van der Waals surface area contributed by atoms with Crippen molar-refractivity contribution in [2.75, 3.05) is 0 Å². The molecule has 0 bridgehead atoms. The SMILES string of the molecule is CCC(C)c1ccc(Oc2ccc(F)cc2C(C)=O)cc1. The van der Waals surface area contributed by atoms with E-state index in [9.17, 15) is 9.18 Å². The van der Waals surface area contributed by atoms with Gasteiger partial charge < -0.3 is 4.74 Å². The van der Waals surface area contributed by atoms with E-state index in [-0.39, 0.29) is 11.3 Å². The van der Waals surface area contributed by atoms with Crippen molar-refractivity contribution in [3.05, 3.63) is 59.4 Å². The number of carbonyl (C=O) groups excluding carboxylic acids is 1. The molecule has 1 atom stereocenters. The summed E-state index contributed by atoms with van der Waals surface area (Å²) in [6.07, 6.45) is 1.08. The monoisotopic (exact) mass is 286 g/mol. The third-order valence-corrected chi connectivity index (χ3v) is 3.61. The smallest absolute Gasteiger partial charge is 0.163 e. The summed E-state index contributed by atoms with van der Waals surface area (Å²) < 4.78 is 18.9. The van der Waals surface area contributed by atoms with Crippen molar-refractivity contribution in [1.82, 2.24) is 0 Å². The molecular weight excluding hydrogens is 267 g/mol. The Hall–Kier alpha value is -2.16. The van der Waals surface area contributed by atoms with Crippen molar-refractivity contribution in [3.63, 3.8) is 0 Å². The molecule has 2 nitrogen and oxygen atoms in total. The van der Waals surface area contributed by atoms with E-state index in [2.05, 4.69) is 13.8 Å². The number of Topliss-reactive ketones (excluding diaryl/α,β-unsaturated/α-hetero) is 1. The largest absolute Gasteiger partial charge is 0.457 e. The normalized spacial score (nSPS) is 12.0. The molecule has 0 spiro atoms. The second kappa shape index (κ2) is 6.53. The highest BCUT2D eigenvalue weighted by Gasteiger charge is 2.11. The van der Waals surface area contributed by atoms with Crippen LogP contribution in [0, 0.1) is 5.82 Å². The van der Waals surface area contributed by atoms with Crippen LogP contribution in [0.5, 0.6) is 11.5 Å². The number of hydrogen-bond acceptors (Lipinski definition) is 2. The fraction of sp³-hybridized carbons (Fsp3) is 0.278. The molecule has 0 aliphatic carbocycles. The Morgan fingerprint density at radius 2 is 1.86 bits per heavy atom. The van der Waals surface area contributed by atoms with E-state index in [1.54, 1.807) is 0 Å². The van der Waals surface area contributed by atoms with Crippen LogP contribution in [0.2, 0.25) is 0 Å². The van der Waals surface area contributed by atoms with E-state index in [0.29, 0.717) is 17.4 Å². The van der Waals surface area contributed by atoms with Gasteiger partial charge in [-0.2, -0.15) is 0 Å². The second-order valence-corrected chi connectivity index (χ2v) is 5.18. The van der Waals surface area contributed by atoms with E-state index in [1.807, 2.05) is 24.3 Å². The highest BCUT2D eigenvalue weighted by atomic mass is 19.1. The molecule has 0 aliphatic heterocycles. The molecule has 0 saturated heterocycles. The number of ether oxygens (including phenoxy) is 1. The maximum absolute atomic E-state index is 13.2. The molecule has 3 heteroatoms. The maximum atomic E-state index is 13.2. The van der Waals surface area contributed by atoms with Gasteiger partial charge in [0.05, 0.1) is 5.56 Å². The molecule has 1 unspecified atom stereocenters. The zero-order valence-electron chi connectivity index (χ0n) is 12.5. The van der Waals surface area contributed by atoms with Gasteiger partial charge >= 0.3 is 0 Å². The lowest BCUT2D eigenvalue weighted by Gasteiger charge is -2.12. The van der Waals surface area contributed by atoms with Crippen LogP contribution in [-0.2, 0) is 0 Å². The van der Waals surface area contributed by atoms with Gasteiger partial charge in [0.2, 0.25) is 0 Å². The zero-order chi connectivity index (χ0) is 15.4. The molecule has 2 aromatic carbocycles. The van der Waals surface area contributed by atoms with Crippen molar-refractivity contribution in [3.8, 4) is 11.5 Å². The van der Waals surface area contributed by atoms with E-state index in [0.717, 1.165) is 6.42 Å². The summed E-state index contributed by atoms with van der Waals surface area (Å²) in [6.45, 7) is 5.71. The third-order valence-electron chi connectivity index (χ3n) is 3.61. The van der Waals surface area contributed by atoms with Crippen LogP contribution in [-0.4, -0.2) is 5.78 Å². The molecule has 2 rings (SSSR count). The molecule has 110 valence electrons. The summed E-state index contributed by atoms with van der Waals surface area (Å²) in [5, 5.41) is 0. The maximum Gasteiger partial charge on any atom is 0.163 e. The topological polar surface area (TPSA) is 26.3 Å². The highest BCUT2D eigenvalue weighted by Crippen LogP contribution is 2.28. The van der Waals surface area contributed by atoms with Gasteiger partial charge in [0.25, 0.3) is 0 Å². The molecule has 0 heterocycles. The number of hydrogen-bond donors (Lipinski definition) is 0. The summed E-state index contributed by atoms with van der Waals surface area (Å²) in [4.78, 5) is 11.5. The molecule has 0 aliphatic rings. The first-order valence-electron chi connectivity index (χ1n) is 7.09. The van der Waals surface area contributed by atoms with Gasteiger partial charge in [-0.15, -0.1) is 0 Å². The quantitative estimate of drug-likeness (QED) is 0.694. The lowest BCUT2D eigenvalue weighted by molar-refractivity contribution is 0.101. The van der Waals surface area contributed by atoms with E-state index >= 15 is 0 Å². The number of benzene rings is 2. The summed E-state index contributed by atoms with van der Waals surface area (Å²) in [7, 11) is 0. The number of halogens is 1. The van der Waals surface area contributed by atoms with Crippen LogP contribution in [0.3, 0.4) is 0 Å². The van der Waals surface area contributed by atoms with Crippen LogP contribution in [0.15, 0.2) is 42.5 Å². The van der Waals surface area contributed by atoms with Crippen molar-refractivity contribution < 1.29 is 13.9 Å². The summed E-state index contributed by atoms with van der Waals surface area (Å²) in [5.41, 5.74) is 1.50. The van der Waals surface area contributed by atoms with Crippen LogP contribution >= 0.6 is 0 Å². The molecule has 0 radical (unpaired) electrons. The molecule has 0 aromatic heterocycles. The Morgan fingerprint density at radius 1 is 1.19 bits per heavy atom. The third kappa shape index (κ3) is 3.69. The Bertz CT molecular complexity index is 632. The summed E-state index contributed by atoms with van der Waals surface area (Å²) in [5.74, 6) is 0.842. The second-order valence-electron chi connectivity index (χ2n) is 5.18. The molecule has 0 amide bonds. The molecular formula is C18H19FO2.